The van der Waals surface area contributed by atoms with Crippen molar-refractivity contribution in [3.8, 4) is 5.75 Å². The summed E-state index contributed by atoms with van der Waals surface area (Å²) < 4.78 is 7.72. The topological polar surface area (TPSA) is 91.2 Å². The Balaban J connectivity index is 2.36. The van der Waals surface area contributed by atoms with E-state index >= 15 is 0 Å². The Hall–Kier alpha value is -1.24. The average molecular weight is 496 g/mol. The van der Waals surface area contributed by atoms with Crippen LogP contribution in [0.2, 0.25) is 0 Å². The van der Waals surface area contributed by atoms with Crippen molar-refractivity contribution in [2.75, 3.05) is 12.3 Å². The average Bonchev–Trinajstić information content (AvgIpc) is 2.80. The molecule has 2 aromatic rings. The summed E-state index contributed by atoms with van der Waals surface area (Å²) in [6.45, 7) is 4.06. The standard InChI is InChI=1S/C11H10I2N6O/c1-2-3-20-10-7(4-8(12)5-9(10)13)6-15-19-11(14)16-17-18-19/h2,4-6H,1,3H2,(H2,14,16,18)/b15-6-. The van der Waals surface area contributed by atoms with Gasteiger partial charge in [-0.25, -0.2) is 0 Å². The van der Waals surface area contributed by atoms with Gasteiger partial charge in [0.1, 0.15) is 12.4 Å². The molecule has 2 N–H and O–H groups in total. The zero-order chi connectivity index (χ0) is 14.5. The van der Waals surface area contributed by atoms with E-state index in [0.29, 0.717) is 6.61 Å². The van der Waals surface area contributed by atoms with Crippen LogP contribution in [0.4, 0.5) is 5.95 Å². The molecular formula is C11H10I2N6O. The fraction of sp³-hybridized carbons (Fsp3) is 0.0909. The minimum absolute atomic E-state index is 0.120. The molecule has 0 spiro atoms. The van der Waals surface area contributed by atoms with Gasteiger partial charge < -0.3 is 10.5 Å². The number of benzene rings is 1. The van der Waals surface area contributed by atoms with Gasteiger partial charge in [-0.2, -0.15) is 5.10 Å². The Morgan fingerprint density at radius 2 is 2.25 bits per heavy atom. The maximum atomic E-state index is 5.66. The number of tetrazole rings is 1. The fourth-order valence-electron chi connectivity index (χ4n) is 1.36. The SMILES string of the molecule is C=CCOc1c(I)cc(I)cc1/C=N\n1nnnc1N. The third-order valence-electron chi connectivity index (χ3n) is 2.17. The molecule has 1 heterocycles. The highest BCUT2D eigenvalue weighted by atomic mass is 127. The van der Waals surface area contributed by atoms with Crippen LogP contribution < -0.4 is 10.5 Å². The molecule has 104 valence electrons. The molecule has 0 aliphatic rings. The van der Waals surface area contributed by atoms with Gasteiger partial charge in [-0.1, -0.05) is 22.5 Å². The predicted molar refractivity (Wildman–Crippen MR) is 92.8 cm³/mol. The van der Waals surface area contributed by atoms with Gasteiger partial charge in [0, 0.05) is 9.13 Å². The van der Waals surface area contributed by atoms with E-state index in [2.05, 4.69) is 72.4 Å². The Kier molecular flexibility index (Phi) is 5.28. The third kappa shape index (κ3) is 3.65. The number of nitrogens with two attached hydrogens (primary N) is 1. The number of aromatic nitrogens is 4. The van der Waals surface area contributed by atoms with Crippen LogP contribution in [-0.2, 0) is 0 Å². The number of hydrogen-bond donors (Lipinski definition) is 1. The van der Waals surface area contributed by atoms with E-state index in [0.717, 1.165) is 23.2 Å². The van der Waals surface area contributed by atoms with Crippen molar-refractivity contribution >= 4 is 57.3 Å². The van der Waals surface area contributed by atoms with Crippen LogP contribution in [0.5, 0.6) is 5.75 Å². The molecule has 9 heteroatoms. The van der Waals surface area contributed by atoms with Crippen LogP contribution in [0.3, 0.4) is 0 Å². The maximum Gasteiger partial charge on any atom is 0.263 e. The maximum absolute atomic E-state index is 5.66. The molecular weight excluding hydrogens is 486 g/mol. The summed E-state index contributed by atoms with van der Waals surface area (Å²) in [5, 5.41) is 14.7. The van der Waals surface area contributed by atoms with Gasteiger partial charge in [-0.15, -0.1) is 0 Å². The molecule has 0 fully saturated rings. The number of anilines is 1. The zero-order valence-corrected chi connectivity index (χ0v) is 14.5. The molecule has 0 aliphatic carbocycles. The molecule has 7 nitrogen and oxygen atoms in total. The van der Waals surface area contributed by atoms with E-state index in [4.69, 9.17) is 10.5 Å². The zero-order valence-electron chi connectivity index (χ0n) is 10.2. The number of hydrogen-bond acceptors (Lipinski definition) is 6. The normalized spacial score (nSPS) is 10.9. The lowest BCUT2D eigenvalue weighted by molar-refractivity contribution is 0.360. The van der Waals surface area contributed by atoms with Crippen LogP contribution in [0, 0.1) is 7.14 Å². The van der Waals surface area contributed by atoms with Gasteiger partial charge in [0.05, 0.1) is 9.78 Å². The highest BCUT2D eigenvalue weighted by Crippen LogP contribution is 2.27. The lowest BCUT2D eigenvalue weighted by Crippen LogP contribution is -2.03. The molecule has 2 rings (SSSR count). The van der Waals surface area contributed by atoms with Gasteiger partial charge >= 0.3 is 0 Å². The predicted octanol–water partition coefficient (Wildman–Crippen LogP) is 1.91. The molecule has 0 atom stereocenters. The largest absolute Gasteiger partial charge is 0.488 e. The summed E-state index contributed by atoms with van der Waals surface area (Å²) in [7, 11) is 0. The van der Waals surface area contributed by atoms with Gasteiger partial charge in [0.2, 0.25) is 0 Å². The molecule has 1 aromatic carbocycles. The Bertz CT molecular complexity index is 654. The van der Waals surface area contributed by atoms with Crippen molar-refractivity contribution in [3.05, 3.63) is 37.5 Å². The van der Waals surface area contributed by atoms with Crippen molar-refractivity contribution in [3.63, 3.8) is 0 Å². The summed E-state index contributed by atoms with van der Waals surface area (Å²) in [5.74, 6) is 0.858. The Morgan fingerprint density at radius 1 is 1.45 bits per heavy atom. The lowest BCUT2D eigenvalue weighted by atomic mass is 10.2. The van der Waals surface area contributed by atoms with Gasteiger partial charge in [0.25, 0.3) is 5.95 Å². The van der Waals surface area contributed by atoms with Crippen molar-refractivity contribution in [2.24, 2.45) is 5.10 Å². The quantitative estimate of drug-likeness (QED) is 0.388. The van der Waals surface area contributed by atoms with E-state index in [1.54, 1.807) is 12.3 Å². The molecule has 0 amide bonds. The summed E-state index contributed by atoms with van der Waals surface area (Å²) in [6, 6.07) is 3.97. The number of nitrogens with zero attached hydrogens (tertiary/aromatic N) is 5. The fourth-order valence-corrected chi connectivity index (χ4v) is 3.40. The van der Waals surface area contributed by atoms with Crippen LogP contribution >= 0.6 is 45.2 Å². The highest BCUT2D eigenvalue weighted by Gasteiger charge is 2.09. The lowest BCUT2D eigenvalue weighted by Gasteiger charge is -2.10. The number of nitrogen functional groups attached to an aromatic ring is 1. The summed E-state index contributed by atoms with van der Waals surface area (Å²) in [6.07, 6.45) is 3.30. The minimum atomic E-state index is 0.120. The monoisotopic (exact) mass is 496 g/mol. The Morgan fingerprint density at radius 3 is 2.90 bits per heavy atom. The number of halogens is 2. The smallest absolute Gasteiger partial charge is 0.263 e. The van der Waals surface area contributed by atoms with Crippen molar-refractivity contribution in [1.82, 2.24) is 20.3 Å². The molecule has 1 aromatic heterocycles. The van der Waals surface area contributed by atoms with Crippen molar-refractivity contribution < 1.29 is 4.74 Å². The molecule has 0 bridgehead atoms. The number of ether oxygens (including phenoxy) is 1. The Labute approximate surface area is 142 Å². The molecule has 0 unspecified atom stereocenters. The van der Waals surface area contributed by atoms with Crippen LogP contribution in [-0.4, -0.2) is 33.1 Å². The number of rotatable bonds is 5. The first-order valence-electron chi connectivity index (χ1n) is 5.42. The van der Waals surface area contributed by atoms with Gasteiger partial charge in [-0.3, -0.25) is 0 Å². The van der Waals surface area contributed by atoms with E-state index in [1.807, 2.05) is 12.1 Å². The summed E-state index contributed by atoms with van der Waals surface area (Å²) in [4.78, 5) is 1.14. The van der Waals surface area contributed by atoms with Gasteiger partial charge in [-0.05, 0) is 67.7 Å². The minimum Gasteiger partial charge on any atom is -0.488 e. The second-order valence-electron chi connectivity index (χ2n) is 3.58. The first-order chi connectivity index (χ1) is 9.61. The second-order valence-corrected chi connectivity index (χ2v) is 5.98. The van der Waals surface area contributed by atoms with E-state index < -0.39 is 0 Å². The molecule has 0 saturated heterocycles. The molecule has 0 saturated carbocycles. The summed E-state index contributed by atoms with van der Waals surface area (Å²) >= 11 is 4.44. The first-order valence-corrected chi connectivity index (χ1v) is 7.58. The van der Waals surface area contributed by atoms with E-state index in [9.17, 15) is 0 Å². The first kappa shape index (κ1) is 15.2. The van der Waals surface area contributed by atoms with Crippen molar-refractivity contribution in [2.45, 2.75) is 0 Å². The third-order valence-corrected chi connectivity index (χ3v) is 3.59. The van der Waals surface area contributed by atoms with E-state index in [1.165, 1.54) is 0 Å². The second kappa shape index (κ2) is 6.97. The summed E-state index contributed by atoms with van der Waals surface area (Å²) in [5.41, 5.74) is 6.37. The van der Waals surface area contributed by atoms with Gasteiger partial charge in [0.15, 0.2) is 0 Å². The van der Waals surface area contributed by atoms with Crippen molar-refractivity contribution in [1.29, 1.82) is 0 Å². The van der Waals surface area contributed by atoms with Crippen LogP contribution in [0.15, 0.2) is 29.9 Å². The van der Waals surface area contributed by atoms with Crippen LogP contribution in [0.25, 0.3) is 0 Å². The van der Waals surface area contributed by atoms with Crippen LogP contribution in [0.1, 0.15) is 5.56 Å². The molecule has 0 aliphatic heterocycles. The van der Waals surface area contributed by atoms with E-state index in [-0.39, 0.29) is 5.95 Å². The molecule has 20 heavy (non-hydrogen) atoms. The molecule has 0 radical (unpaired) electrons. The highest BCUT2D eigenvalue weighted by molar-refractivity contribution is 14.1.